The standard InChI is InChI=1S/C11H16ClN3O2S/c1-15-6-13-11(10(15)12)18(16,17)14-9(7-2-3-7)8-4-5-8/h6-9,14H,2-5H2,1H3. The van der Waals surface area contributed by atoms with Crippen molar-refractivity contribution in [2.24, 2.45) is 18.9 Å². The van der Waals surface area contributed by atoms with E-state index in [2.05, 4.69) is 9.71 Å². The van der Waals surface area contributed by atoms with Crippen molar-refractivity contribution in [3.63, 3.8) is 0 Å². The van der Waals surface area contributed by atoms with E-state index in [1.807, 2.05) is 0 Å². The van der Waals surface area contributed by atoms with Crippen molar-refractivity contribution in [1.82, 2.24) is 14.3 Å². The third-order valence-corrected chi connectivity index (χ3v) is 5.59. The van der Waals surface area contributed by atoms with E-state index in [9.17, 15) is 8.42 Å². The van der Waals surface area contributed by atoms with Crippen LogP contribution in [-0.4, -0.2) is 24.0 Å². The van der Waals surface area contributed by atoms with Gasteiger partial charge in [-0.2, -0.15) is 0 Å². The van der Waals surface area contributed by atoms with E-state index in [1.165, 1.54) is 10.9 Å². The van der Waals surface area contributed by atoms with Gasteiger partial charge >= 0.3 is 0 Å². The van der Waals surface area contributed by atoms with Crippen LogP contribution in [0.4, 0.5) is 0 Å². The molecule has 1 aromatic rings. The van der Waals surface area contributed by atoms with Gasteiger partial charge in [0.15, 0.2) is 0 Å². The molecule has 0 aromatic carbocycles. The largest absolute Gasteiger partial charge is 0.324 e. The minimum atomic E-state index is -3.59. The third-order valence-electron chi connectivity index (χ3n) is 3.64. The lowest BCUT2D eigenvalue weighted by Gasteiger charge is -2.16. The minimum absolute atomic E-state index is 0.0574. The van der Waals surface area contributed by atoms with Crippen LogP contribution in [0.15, 0.2) is 11.4 Å². The highest BCUT2D eigenvalue weighted by atomic mass is 35.5. The molecular weight excluding hydrogens is 274 g/mol. The van der Waals surface area contributed by atoms with Crippen molar-refractivity contribution in [3.8, 4) is 0 Å². The Morgan fingerprint density at radius 1 is 1.39 bits per heavy atom. The summed E-state index contributed by atoms with van der Waals surface area (Å²) in [6, 6.07) is 0.0769. The molecule has 0 unspecified atom stereocenters. The van der Waals surface area contributed by atoms with Crippen LogP contribution in [0.1, 0.15) is 25.7 Å². The molecular formula is C11H16ClN3O2S. The molecule has 2 saturated carbocycles. The Kier molecular flexibility index (Phi) is 2.91. The van der Waals surface area contributed by atoms with E-state index < -0.39 is 10.0 Å². The van der Waals surface area contributed by atoms with Gasteiger partial charge in [0, 0.05) is 13.1 Å². The fourth-order valence-electron chi connectivity index (χ4n) is 2.30. The molecule has 1 aromatic heterocycles. The van der Waals surface area contributed by atoms with Crippen molar-refractivity contribution in [2.45, 2.75) is 36.8 Å². The summed E-state index contributed by atoms with van der Waals surface area (Å²) in [5.41, 5.74) is 0. The van der Waals surface area contributed by atoms with Crippen LogP contribution >= 0.6 is 11.6 Å². The average molecular weight is 290 g/mol. The second-order valence-electron chi connectivity index (χ2n) is 5.27. The Balaban J connectivity index is 1.83. The maximum Gasteiger partial charge on any atom is 0.261 e. The Morgan fingerprint density at radius 3 is 2.33 bits per heavy atom. The number of hydrogen-bond acceptors (Lipinski definition) is 3. The summed E-state index contributed by atoms with van der Waals surface area (Å²) in [5.74, 6) is 1.02. The van der Waals surface area contributed by atoms with Gasteiger partial charge in [0.2, 0.25) is 5.03 Å². The van der Waals surface area contributed by atoms with Crippen molar-refractivity contribution in [2.75, 3.05) is 0 Å². The molecule has 0 bridgehead atoms. The monoisotopic (exact) mass is 289 g/mol. The van der Waals surface area contributed by atoms with Crippen LogP contribution in [0.2, 0.25) is 5.15 Å². The molecule has 1 heterocycles. The maximum atomic E-state index is 12.3. The SMILES string of the molecule is Cn1cnc(S(=O)(=O)NC(C2CC2)C2CC2)c1Cl. The van der Waals surface area contributed by atoms with E-state index in [0.717, 1.165) is 25.7 Å². The number of nitrogens with zero attached hydrogens (tertiary/aromatic N) is 2. The van der Waals surface area contributed by atoms with Gasteiger partial charge in [-0.15, -0.1) is 0 Å². The van der Waals surface area contributed by atoms with Gasteiger partial charge in [-0.3, -0.25) is 0 Å². The smallest absolute Gasteiger partial charge is 0.261 e. The lowest BCUT2D eigenvalue weighted by Crippen LogP contribution is -2.38. The molecule has 2 fully saturated rings. The van der Waals surface area contributed by atoms with Crippen LogP contribution in [0.3, 0.4) is 0 Å². The van der Waals surface area contributed by atoms with Gasteiger partial charge < -0.3 is 4.57 Å². The number of halogens is 1. The molecule has 0 atom stereocenters. The lowest BCUT2D eigenvalue weighted by atomic mass is 10.1. The first kappa shape index (κ1) is 12.4. The number of imidazole rings is 1. The third kappa shape index (κ3) is 2.29. The highest BCUT2D eigenvalue weighted by Gasteiger charge is 2.44. The molecule has 2 aliphatic rings. The Hall–Kier alpha value is -0.590. The predicted octanol–water partition coefficient (Wildman–Crippen LogP) is 1.54. The Morgan fingerprint density at radius 2 is 1.94 bits per heavy atom. The number of aryl methyl sites for hydroxylation is 1. The van der Waals surface area contributed by atoms with Gasteiger partial charge in [0.1, 0.15) is 5.15 Å². The summed E-state index contributed by atoms with van der Waals surface area (Å²) >= 11 is 5.95. The summed E-state index contributed by atoms with van der Waals surface area (Å²) < 4.78 is 28.8. The minimum Gasteiger partial charge on any atom is -0.324 e. The van der Waals surface area contributed by atoms with E-state index in [0.29, 0.717) is 11.8 Å². The van der Waals surface area contributed by atoms with E-state index in [4.69, 9.17) is 11.6 Å². The van der Waals surface area contributed by atoms with Crippen molar-refractivity contribution in [1.29, 1.82) is 0 Å². The normalized spacial score (nSPS) is 20.6. The summed E-state index contributed by atoms with van der Waals surface area (Å²) in [7, 11) is -1.92. The topological polar surface area (TPSA) is 64.0 Å². The highest BCUT2D eigenvalue weighted by molar-refractivity contribution is 7.89. The van der Waals surface area contributed by atoms with Gasteiger partial charge in [-0.1, -0.05) is 11.6 Å². The Labute approximate surface area is 112 Å². The molecule has 3 rings (SSSR count). The molecule has 100 valence electrons. The van der Waals surface area contributed by atoms with Gasteiger partial charge in [-0.05, 0) is 37.5 Å². The number of hydrogen-bond donors (Lipinski definition) is 1. The van der Waals surface area contributed by atoms with Crippen LogP contribution in [0.5, 0.6) is 0 Å². The zero-order valence-corrected chi connectivity index (χ0v) is 11.7. The van der Waals surface area contributed by atoms with Crippen LogP contribution < -0.4 is 4.72 Å². The van der Waals surface area contributed by atoms with Crippen molar-refractivity contribution >= 4 is 21.6 Å². The molecule has 5 nitrogen and oxygen atoms in total. The molecule has 0 saturated heterocycles. The highest BCUT2D eigenvalue weighted by Crippen LogP contribution is 2.45. The summed E-state index contributed by atoms with van der Waals surface area (Å²) in [6.07, 6.45) is 5.92. The fraction of sp³-hybridized carbons (Fsp3) is 0.727. The van der Waals surface area contributed by atoms with Crippen molar-refractivity contribution < 1.29 is 8.42 Å². The summed E-state index contributed by atoms with van der Waals surface area (Å²) in [5, 5.41) is 0.103. The molecule has 0 spiro atoms. The quantitative estimate of drug-likeness (QED) is 0.894. The van der Waals surface area contributed by atoms with E-state index in [1.54, 1.807) is 7.05 Å². The molecule has 0 aliphatic heterocycles. The first-order valence-corrected chi connectivity index (χ1v) is 8.04. The molecule has 7 heteroatoms. The second kappa shape index (κ2) is 4.21. The van der Waals surface area contributed by atoms with Crippen LogP contribution in [0.25, 0.3) is 0 Å². The van der Waals surface area contributed by atoms with Crippen LogP contribution in [-0.2, 0) is 17.1 Å². The van der Waals surface area contributed by atoms with Crippen LogP contribution in [0, 0.1) is 11.8 Å². The van der Waals surface area contributed by atoms with Crippen molar-refractivity contribution in [3.05, 3.63) is 11.5 Å². The molecule has 18 heavy (non-hydrogen) atoms. The molecule has 0 amide bonds. The zero-order chi connectivity index (χ0) is 12.9. The fourth-order valence-corrected chi connectivity index (χ4v) is 4.10. The summed E-state index contributed by atoms with van der Waals surface area (Å²) in [6.45, 7) is 0. The zero-order valence-electron chi connectivity index (χ0n) is 10.1. The van der Waals surface area contributed by atoms with E-state index in [-0.39, 0.29) is 16.2 Å². The van der Waals surface area contributed by atoms with E-state index >= 15 is 0 Å². The number of sulfonamides is 1. The number of aromatic nitrogens is 2. The van der Waals surface area contributed by atoms with Gasteiger partial charge in [-0.25, -0.2) is 18.1 Å². The number of rotatable bonds is 5. The molecule has 1 N–H and O–H groups in total. The maximum absolute atomic E-state index is 12.3. The van der Waals surface area contributed by atoms with Gasteiger partial charge in [0.25, 0.3) is 10.0 Å². The molecule has 0 radical (unpaired) electrons. The first-order chi connectivity index (χ1) is 8.49. The first-order valence-electron chi connectivity index (χ1n) is 6.18. The molecule has 2 aliphatic carbocycles. The average Bonchev–Trinajstić information content (AvgIpc) is 3.19. The lowest BCUT2D eigenvalue weighted by molar-refractivity contribution is 0.470. The number of nitrogens with one attached hydrogen (secondary N) is 1. The van der Waals surface area contributed by atoms with Gasteiger partial charge in [0.05, 0.1) is 6.33 Å². The predicted molar refractivity (Wildman–Crippen MR) is 67.8 cm³/mol. The second-order valence-corrected chi connectivity index (χ2v) is 7.26. The summed E-state index contributed by atoms with van der Waals surface area (Å²) in [4.78, 5) is 3.88. The Bertz CT molecular complexity index is 549.